The minimum Gasteiger partial charge on any atom is -0.478 e. The molecule has 0 saturated carbocycles. The smallest absolute Gasteiger partial charge is 0.337 e. The molecule has 16 heavy (non-hydrogen) atoms. The van der Waals surface area contributed by atoms with E-state index in [1.807, 2.05) is 0 Å². The van der Waals surface area contributed by atoms with Crippen LogP contribution in [0, 0.1) is 0 Å². The van der Waals surface area contributed by atoms with Gasteiger partial charge in [0.05, 0.1) is 23.9 Å². The minimum atomic E-state index is -1.04. The van der Waals surface area contributed by atoms with Crippen molar-refractivity contribution in [3.05, 3.63) is 28.8 Å². The Bertz CT molecular complexity index is 467. The van der Waals surface area contributed by atoms with E-state index in [4.69, 9.17) is 5.11 Å². The van der Waals surface area contributed by atoms with Crippen molar-refractivity contribution in [3.8, 4) is 0 Å². The van der Waals surface area contributed by atoms with E-state index in [0.29, 0.717) is 12.2 Å². The van der Waals surface area contributed by atoms with Crippen molar-refractivity contribution in [1.82, 2.24) is 0 Å². The van der Waals surface area contributed by atoms with Crippen LogP contribution in [0.2, 0.25) is 0 Å². The largest absolute Gasteiger partial charge is 0.478 e. The lowest BCUT2D eigenvalue weighted by atomic mass is 10.0. The number of anilines is 1. The summed E-state index contributed by atoms with van der Waals surface area (Å²) in [6.07, 6.45) is 0.723. The van der Waals surface area contributed by atoms with Crippen LogP contribution in [-0.4, -0.2) is 30.7 Å². The first-order chi connectivity index (χ1) is 7.63. The van der Waals surface area contributed by atoms with Crippen LogP contribution in [0.25, 0.3) is 0 Å². The summed E-state index contributed by atoms with van der Waals surface area (Å²) in [6, 6.07) is 3.01. The Kier molecular flexibility index (Phi) is 2.52. The summed E-state index contributed by atoms with van der Waals surface area (Å²) < 4.78 is 4.58. The molecule has 1 heterocycles. The average molecular weight is 221 g/mol. The third kappa shape index (κ3) is 1.60. The van der Waals surface area contributed by atoms with Crippen LogP contribution < -0.4 is 5.32 Å². The van der Waals surface area contributed by atoms with E-state index in [9.17, 15) is 9.59 Å². The SMILES string of the molecule is COC(=O)c1cc2c(c(C(=O)O)c1)NCC2. The van der Waals surface area contributed by atoms with Gasteiger partial charge in [0, 0.05) is 6.54 Å². The molecule has 1 aromatic carbocycles. The lowest BCUT2D eigenvalue weighted by Gasteiger charge is -2.07. The fraction of sp³-hybridized carbons (Fsp3) is 0.273. The van der Waals surface area contributed by atoms with Gasteiger partial charge in [0.15, 0.2) is 0 Å². The molecule has 0 aliphatic carbocycles. The van der Waals surface area contributed by atoms with Crippen molar-refractivity contribution >= 4 is 17.6 Å². The zero-order valence-electron chi connectivity index (χ0n) is 8.74. The van der Waals surface area contributed by atoms with Crippen LogP contribution in [0.5, 0.6) is 0 Å². The highest BCUT2D eigenvalue weighted by Gasteiger charge is 2.21. The predicted molar refractivity (Wildman–Crippen MR) is 56.9 cm³/mol. The Hall–Kier alpha value is -2.04. The maximum Gasteiger partial charge on any atom is 0.337 e. The van der Waals surface area contributed by atoms with Crippen molar-refractivity contribution in [2.75, 3.05) is 19.0 Å². The molecule has 0 bridgehead atoms. The van der Waals surface area contributed by atoms with Gasteiger partial charge in [0.2, 0.25) is 0 Å². The van der Waals surface area contributed by atoms with Crippen molar-refractivity contribution < 1.29 is 19.4 Å². The molecule has 5 heteroatoms. The van der Waals surface area contributed by atoms with E-state index < -0.39 is 11.9 Å². The molecule has 2 N–H and O–H groups in total. The Morgan fingerprint density at radius 2 is 2.19 bits per heavy atom. The van der Waals surface area contributed by atoms with Gasteiger partial charge in [-0.05, 0) is 24.1 Å². The number of esters is 1. The number of carboxylic acids is 1. The topological polar surface area (TPSA) is 75.6 Å². The van der Waals surface area contributed by atoms with Crippen molar-refractivity contribution in [1.29, 1.82) is 0 Å². The monoisotopic (exact) mass is 221 g/mol. The number of aromatic carboxylic acids is 1. The maximum absolute atomic E-state index is 11.4. The molecular weight excluding hydrogens is 210 g/mol. The van der Waals surface area contributed by atoms with Crippen LogP contribution in [0.4, 0.5) is 5.69 Å². The first-order valence-electron chi connectivity index (χ1n) is 4.86. The van der Waals surface area contributed by atoms with Gasteiger partial charge in [0.25, 0.3) is 0 Å². The number of hydrogen-bond donors (Lipinski definition) is 2. The van der Waals surface area contributed by atoms with Gasteiger partial charge in [-0.1, -0.05) is 0 Å². The van der Waals surface area contributed by atoms with Crippen LogP contribution in [-0.2, 0) is 11.2 Å². The zero-order chi connectivity index (χ0) is 11.7. The number of carbonyl (C=O) groups is 2. The van der Waals surface area contributed by atoms with Crippen LogP contribution in [0.15, 0.2) is 12.1 Å². The normalized spacial score (nSPS) is 12.8. The molecule has 0 radical (unpaired) electrons. The molecule has 0 saturated heterocycles. The van der Waals surface area contributed by atoms with Gasteiger partial charge in [-0.3, -0.25) is 0 Å². The number of rotatable bonds is 2. The van der Waals surface area contributed by atoms with E-state index >= 15 is 0 Å². The second-order valence-corrected chi connectivity index (χ2v) is 3.53. The van der Waals surface area contributed by atoms with Crippen LogP contribution >= 0.6 is 0 Å². The summed E-state index contributed by atoms with van der Waals surface area (Å²) in [5.74, 6) is -1.56. The molecule has 1 aromatic rings. The van der Waals surface area contributed by atoms with Crippen LogP contribution in [0.3, 0.4) is 0 Å². The summed E-state index contributed by atoms with van der Waals surface area (Å²) in [6.45, 7) is 0.695. The predicted octanol–water partition coefficient (Wildman–Crippen LogP) is 1.14. The third-order valence-electron chi connectivity index (χ3n) is 2.57. The highest BCUT2D eigenvalue weighted by Crippen LogP contribution is 2.28. The number of hydrogen-bond acceptors (Lipinski definition) is 4. The molecule has 0 atom stereocenters. The molecule has 1 aliphatic heterocycles. The van der Waals surface area contributed by atoms with Crippen molar-refractivity contribution in [2.24, 2.45) is 0 Å². The molecule has 2 rings (SSSR count). The minimum absolute atomic E-state index is 0.121. The fourth-order valence-corrected chi connectivity index (χ4v) is 1.83. The van der Waals surface area contributed by atoms with Crippen LogP contribution in [0.1, 0.15) is 26.3 Å². The summed E-state index contributed by atoms with van der Waals surface area (Å²) in [5.41, 5.74) is 1.86. The van der Waals surface area contributed by atoms with E-state index in [1.165, 1.54) is 13.2 Å². The molecule has 0 spiro atoms. The Labute approximate surface area is 92.0 Å². The molecule has 5 nitrogen and oxygen atoms in total. The summed E-state index contributed by atoms with van der Waals surface area (Å²) in [5, 5.41) is 12.0. The first-order valence-corrected chi connectivity index (χ1v) is 4.86. The second kappa shape index (κ2) is 3.84. The standard InChI is InChI=1S/C11H11NO4/c1-16-11(15)7-4-6-2-3-12-9(6)8(5-7)10(13)14/h4-5,12H,2-3H2,1H3,(H,13,14). The maximum atomic E-state index is 11.4. The van der Waals surface area contributed by atoms with Gasteiger partial charge in [-0.2, -0.15) is 0 Å². The second-order valence-electron chi connectivity index (χ2n) is 3.53. The van der Waals surface area contributed by atoms with Gasteiger partial charge in [-0.15, -0.1) is 0 Å². The third-order valence-corrected chi connectivity index (χ3v) is 2.57. The number of carbonyl (C=O) groups excluding carboxylic acids is 1. The number of nitrogens with one attached hydrogen (secondary N) is 1. The molecule has 84 valence electrons. The Balaban J connectivity index is 2.56. The summed E-state index contributed by atoms with van der Waals surface area (Å²) >= 11 is 0. The summed E-state index contributed by atoms with van der Waals surface area (Å²) in [7, 11) is 1.27. The van der Waals surface area contributed by atoms with E-state index in [1.54, 1.807) is 6.07 Å². The molecule has 0 amide bonds. The summed E-state index contributed by atoms with van der Waals surface area (Å²) in [4.78, 5) is 22.4. The van der Waals surface area contributed by atoms with E-state index in [2.05, 4.69) is 10.1 Å². The highest BCUT2D eigenvalue weighted by atomic mass is 16.5. The quantitative estimate of drug-likeness (QED) is 0.732. The number of ether oxygens (including phenoxy) is 1. The van der Waals surface area contributed by atoms with Gasteiger partial charge >= 0.3 is 11.9 Å². The van der Waals surface area contributed by atoms with Gasteiger partial charge in [0.1, 0.15) is 0 Å². The molecular formula is C11H11NO4. The van der Waals surface area contributed by atoms with Crippen molar-refractivity contribution in [2.45, 2.75) is 6.42 Å². The number of benzene rings is 1. The molecule has 1 aliphatic rings. The van der Waals surface area contributed by atoms with E-state index in [-0.39, 0.29) is 11.1 Å². The number of fused-ring (bicyclic) bond motifs is 1. The fourth-order valence-electron chi connectivity index (χ4n) is 1.83. The highest BCUT2D eigenvalue weighted by molar-refractivity contribution is 6.00. The van der Waals surface area contributed by atoms with Gasteiger partial charge < -0.3 is 15.2 Å². The van der Waals surface area contributed by atoms with Gasteiger partial charge in [-0.25, -0.2) is 9.59 Å². The lowest BCUT2D eigenvalue weighted by molar-refractivity contribution is 0.0600. The van der Waals surface area contributed by atoms with E-state index in [0.717, 1.165) is 12.0 Å². The molecule has 0 unspecified atom stereocenters. The Morgan fingerprint density at radius 1 is 1.44 bits per heavy atom. The van der Waals surface area contributed by atoms with Crippen molar-refractivity contribution in [3.63, 3.8) is 0 Å². The number of carboxylic acid groups (broad SMARTS) is 1. The number of methoxy groups -OCH3 is 1. The molecule has 0 aromatic heterocycles. The molecule has 0 fully saturated rings. The average Bonchev–Trinajstić information content (AvgIpc) is 2.74. The lowest BCUT2D eigenvalue weighted by Crippen LogP contribution is -2.07. The zero-order valence-corrected chi connectivity index (χ0v) is 8.74. The Morgan fingerprint density at radius 3 is 2.81 bits per heavy atom. The first kappa shape index (κ1) is 10.5.